The fourth-order valence-electron chi connectivity index (χ4n) is 3.60. The van der Waals surface area contributed by atoms with Crippen LogP contribution in [0.3, 0.4) is 0 Å². The van der Waals surface area contributed by atoms with Crippen molar-refractivity contribution in [1.29, 1.82) is 0 Å². The van der Waals surface area contributed by atoms with E-state index in [1.807, 2.05) is 48.2 Å². The fourth-order valence-corrected chi connectivity index (χ4v) is 4.43. The number of aromatic nitrogens is 2. The first-order chi connectivity index (χ1) is 14.4. The van der Waals surface area contributed by atoms with Crippen molar-refractivity contribution < 1.29 is 4.79 Å². The molecule has 4 rings (SSSR count). The number of anilines is 1. The number of piperazine rings is 1. The van der Waals surface area contributed by atoms with Crippen LogP contribution in [0.25, 0.3) is 5.69 Å². The van der Waals surface area contributed by atoms with Gasteiger partial charge in [-0.1, -0.05) is 26.0 Å². The maximum Gasteiger partial charge on any atom is 0.271 e. The SMILES string of the molecule is Cc1ccc(C(=O)N2CCN(c3ccc(=O)n(-c4ccc(C(C)C)cc4)n3)CC2)s1. The largest absolute Gasteiger partial charge is 0.352 e. The van der Waals surface area contributed by atoms with E-state index in [1.54, 1.807) is 12.1 Å². The van der Waals surface area contributed by atoms with Crippen LogP contribution in [-0.2, 0) is 0 Å². The van der Waals surface area contributed by atoms with E-state index in [1.165, 1.54) is 21.6 Å². The van der Waals surface area contributed by atoms with Gasteiger partial charge >= 0.3 is 0 Å². The lowest BCUT2D eigenvalue weighted by molar-refractivity contribution is 0.0751. The Morgan fingerprint density at radius 1 is 0.967 bits per heavy atom. The summed E-state index contributed by atoms with van der Waals surface area (Å²) < 4.78 is 1.45. The highest BCUT2D eigenvalue weighted by molar-refractivity contribution is 7.13. The van der Waals surface area contributed by atoms with E-state index >= 15 is 0 Å². The Labute approximate surface area is 180 Å². The summed E-state index contributed by atoms with van der Waals surface area (Å²) in [6, 6.07) is 15.2. The number of thiophene rings is 1. The molecule has 1 aliphatic heterocycles. The first kappa shape index (κ1) is 20.3. The molecule has 6 nitrogen and oxygen atoms in total. The molecule has 7 heteroatoms. The highest BCUT2D eigenvalue weighted by Gasteiger charge is 2.24. The van der Waals surface area contributed by atoms with Crippen molar-refractivity contribution >= 4 is 23.1 Å². The maximum atomic E-state index is 12.7. The summed E-state index contributed by atoms with van der Waals surface area (Å²) >= 11 is 1.54. The normalized spacial score (nSPS) is 14.4. The van der Waals surface area contributed by atoms with Gasteiger partial charge in [-0.15, -0.1) is 16.4 Å². The lowest BCUT2D eigenvalue weighted by atomic mass is 10.0. The Morgan fingerprint density at radius 2 is 1.67 bits per heavy atom. The minimum atomic E-state index is -0.155. The van der Waals surface area contributed by atoms with Gasteiger partial charge in [0.15, 0.2) is 0 Å². The van der Waals surface area contributed by atoms with Crippen molar-refractivity contribution in [2.45, 2.75) is 26.7 Å². The van der Waals surface area contributed by atoms with Crippen molar-refractivity contribution in [2.24, 2.45) is 0 Å². The van der Waals surface area contributed by atoms with Gasteiger partial charge in [-0.25, -0.2) is 0 Å². The van der Waals surface area contributed by atoms with E-state index in [2.05, 4.69) is 23.8 Å². The molecule has 1 saturated heterocycles. The summed E-state index contributed by atoms with van der Waals surface area (Å²) in [5.41, 5.74) is 1.83. The minimum Gasteiger partial charge on any atom is -0.352 e. The van der Waals surface area contributed by atoms with Gasteiger partial charge in [0.25, 0.3) is 11.5 Å². The molecule has 3 aromatic rings. The van der Waals surface area contributed by atoms with Crippen molar-refractivity contribution in [3.63, 3.8) is 0 Å². The Morgan fingerprint density at radius 3 is 2.27 bits per heavy atom. The van der Waals surface area contributed by atoms with Crippen LogP contribution >= 0.6 is 11.3 Å². The van der Waals surface area contributed by atoms with Crippen LogP contribution in [0.4, 0.5) is 5.82 Å². The van der Waals surface area contributed by atoms with E-state index in [4.69, 9.17) is 0 Å². The summed E-state index contributed by atoms with van der Waals surface area (Å²) in [7, 11) is 0. The van der Waals surface area contributed by atoms with Gasteiger partial charge in [0.05, 0.1) is 10.6 Å². The summed E-state index contributed by atoms with van der Waals surface area (Å²) in [6.45, 7) is 8.95. The third kappa shape index (κ3) is 4.16. The maximum absolute atomic E-state index is 12.7. The highest BCUT2D eigenvalue weighted by atomic mass is 32.1. The zero-order chi connectivity index (χ0) is 21.3. The predicted molar refractivity (Wildman–Crippen MR) is 121 cm³/mol. The van der Waals surface area contributed by atoms with Crippen molar-refractivity contribution in [2.75, 3.05) is 31.1 Å². The van der Waals surface area contributed by atoms with Crippen LogP contribution < -0.4 is 10.5 Å². The molecule has 0 radical (unpaired) electrons. The second-order valence-corrected chi connectivity index (χ2v) is 9.17. The molecule has 1 fully saturated rings. The topological polar surface area (TPSA) is 58.4 Å². The molecule has 1 aromatic carbocycles. The molecule has 0 N–H and O–H groups in total. The fraction of sp³-hybridized carbons (Fsp3) is 0.348. The number of amides is 1. The second kappa shape index (κ2) is 8.44. The number of carbonyl (C=O) groups is 1. The van der Waals surface area contributed by atoms with Crippen LogP contribution in [0.2, 0.25) is 0 Å². The molecular weight excluding hydrogens is 396 g/mol. The monoisotopic (exact) mass is 422 g/mol. The van der Waals surface area contributed by atoms with E-state index in [0.717, 1.165) is 21.3 Å². The summed E-state index contributed by atoms with van der Waals surface area (Å²) in [5.74, 6) is 1.28. The minimum absolute atomic E-state index is 0.0934. The quantitative estimate of drug-likeness (QED) is 0.643. The van der Waals surface area contributed by atoms with Crippen molar-refractivity contribution in [3.05, 3.63) is 74.2 Å². The van der Waals surface area contributed by atoms with Gasteiger partial charge in [0.2, 0.25) is 0 Å². The van der Waals surface area contributed by atoms with Crippen LogP contribution in [0, 0.1) is 6.92 Å². The van der Waals surface area contributed by atoms with Gasteiger partial charge in [0, 0.05) is 37.1 Å². The summed E-state index contributed by atoms with van der Waals surface area (Å²) in [6.07, 6.45) is 0. The van der Waals surface area contributed by atoms with Gasteiger partial charge in [-0.2, -0.15) is 4.68 Å². The number of rotatable bonds is 4. The lowest BCUT2D eigenvalue weighted by Crippen LogP contribution is -2.49. The van der Waals surface area contributed by atoms with Gasteiger partial charge in [0.1, 0.15) is 5.82 Å². The molecule has 156 valence electrons. The Bertz CT molecular complexity index is 1090. The van der Waals surface area contributed by atoms with E-state index < -0.39 is 0 Å². The second-order valence-electron chi connectivity index (χ2n) is 7.88. The van der Waals surface area contributed by atoms with Crippen molar-refractivity contribution in [1.82, 2.24) is 14.7 Å². The Kier molecular flexibility index (Phi) is 5.72. The van der Waals surface area contributed by atoms with Crippen LogP contribution in [0.15, 0.2) is 53.3 Å². The third-order valence-corrected chi connectivity index (χ3v) is 6.42. The summed E-state index contributed by atoms with van der Waals surface area (Å²) in [4.78, 5) is 31.0. The zero-order valence-electron chi connectivity index (χ0n) is 17.5. The number of hydrogen-bond acceptors (Lipinski definition) is 5. The molecule has 2 aromatic heterocycles. The van der Waals surface area contributed by atoms with E-state index in [0.29, 0.717) is 32.1 Å². The lowest BCUT2D eigenvalue weighted by Gasteiger charge is -2.35. The molecule has 0 spiro atoms. The molecular formula is C23H26N4O2S. The van der Waals surface area contributed by atoms with Crippen LogP contribution in [-0.4, -0.2) is 46.8 Å². The first-order valence-electron chi connectivity index (χ1n) is 10.2. The third-order valence-electron chi connectivity index (χ3n) is 5.43. The van der Waals surface area contributed by atoms with Crippen LogP contribution in [0.5, 0.6) is 0 Å². The molecule has 0 saturated carbocycles. The number of carbonyl (C=O) groups excluding carboxylic acids is 1. The highest BCUT2D eigenvalue weighted by Crippen LogP contribution is 2.20. The molecule has 0 bridgehead atoms. The predicted octanol–water partition coefficient (Wildman–Crippen LogP) is 3.69. The van der Waals surface area contributed by atoms with Gasteiger partial charge < -0.3 is 9.80 Å². The molecule has 0 aliphatic carbocycles. The zero-order valence-corrected chi connectivity index (χ0v) is 18.4. The number of nitrogens with zero attached hydrogens (tertiary/aromatic N) is 4. The molecule has 30 heavy (non-hydrogen) atoms. The Hall–Kier alpha value is -2.93. The number of aryl methyl sites for hydroxylation is 1. The molecule has 0 atom stereocenters. The van der Waals surface area contributed by atoms with E-state index in [9.17, 15) is 9.59 Å². The smallest absolute Gasteiger partial charge is 0.271 e. The Balaban J connectivity index is 1.48. The number of benzene rings is 1. The molecule has 1 amide bonds. The molecule has 1 aliphatic rings. The summed E-state index contributed by atoms with van der Waals surface area (Å²) in [5, 5.41) is 4.60. The number of hydrogen-bond donors (Lipinski definition) is 0. The van der Waals surface area contributed by atoms with Gasteiger partial charge in [-0.05, 0) is 48.7 Å². The van der Waals surface area contributed by atoms with E-state index in [-0.39, 0.29) is 11.5 Å². The standard InChI is InChI=1S/C23H26N4O2S/c1-16(2)18-5-7-19(8-6-18)27-22(28)11-10-21(24-27)25-12-14-26(15-13-25)23(29)20-9-4-17(3)30-20/h4-11,16H,12-15H2,1-3H3. The van der Waals surface area contributed by atoms with Gasteiger partial charge in [-0.3, -0.25) is 9.59 Å². The average Bonchev–Trinajstić information content (AvgIpc) is 3.20. The van der Waals surface area contributed by atoms with Crippen LogP contribution in [0.1, 0.15) is 39.9 Å². The molecule has 3 heterocycles. The average molecular weight is 423 g/mol. The molecule has 0 unspecified atom stereocenters. The van der Waals surface area contributed by atoms with Crippen molar-refractivity contribution in [3.8, 4) is 5.69 Å². The first-order valence-corrected chi connectivity index (χ1v) is 11.1.